The predicted octanol–water partition coefficient (Wildman–Crippen LogP) is 4.68. The molecule has 0 bridgehead atoms. The number of carbonyl (C=O) groups excluding carboxylic acids is 1. The summed E-state index contributed by atoms with van der Waals surface area (Å²) in [7, 11) is 1.58. The number of aliphatic imine (C=N–C) groups is 1. The summed E-state index contributed by atoms with van der Waals surface area (Å²) in [4.78, 5) is 17.2. The molecule has 0 amide bonds. The quantitative estimate of drug-likeness (QED) is 0.452. The number of carbonyl (C=O) groups is 1. The van der Waals surface area contributed by atoms with Crippen LogP contribution in [0.1, 0.15) is 16.0 Å². The van der Waals surface area contributed by atoms with Gasteiger partial charge in [0.25, 0.3) is 0 Å². The Labute approximate surface area is 166 Å². The zero-order chi connectivity index (χ0) is 19.3. The number of benzene rings is 2. The van der Waals surface area contributed by atoms with Crippen LogP contribution in [-0.4, -0.2) is 19.0 Å². The Balaban J connectivity index is 1.54. The summed E-state index contributed by atoms with van der Waals surface area (Å²) < 4.78 is 16.6. The molecule has 0 radical (unpaired) electrons. The van der Waals surface area contributed by atoms with Crippen molar-refractivity contribution in [1.29, 1.82) is 0 Å². The monoisotopic (exact) mass is 391 g/mol. The van der Waals surface area contributed by atoms with Crippen LogP contribution in [-0.2, 0) is 16.1 Å². The molecule has 0 saturated heterocycles. The number of rotatable bonds is 6. The third kappa shape index (κ3) is 3.97. The van der Waals surface area contributed by atoms with E-state index in [-0.39, 0.29) is 5.70 Å². The maximum atomic E-state index is 12.1. The maximum Gasteiger partial charge on any atom is 0.363 e. The van der Waals surface area contributed by atoms with Gasteiger partial charge in [-0.05, 0) is 40.8 Å². The first-order chi connectivity index (χ1) is 13.7. The van der Waals surface area contributed by atoms with Gasteiger partial charge < -0.3 is 14.2 Å². The summed E-state index contributed by atoms with van der Waals surface area (Å²) in [6, 6.07) is 19.1. The first-order valence-electron chi connectivity index (χ1n) is 8.64. The van der Waals surface area contributed by atoms with E-state index in [0.717, 1.165) is 16.0 Å². The average Bonchev–Trinajstić information content (AvgIpc) is 3.38. The lowest BCUT2D eigenvalue weighted by Gasteiger charge is -2.11. The molecule has 1 aliphatic rings. The lowest BCUT2D eigenvalue weighted by molar-refractivity contribution is -0.129. The molecular formula is C22H17NO4S. The summed E-state index contributed by atoms with van der Waals surface area (Å²) in [5.41, 5.74) is 2.09. The second-order valence-corrected chi connectivity index (χ2v) is 6.95. The van der Waals surface area contributed by atoms with Crippen LogP contribution in [0.3, 0.4) is 0 Å². The zero-order valence-corrected chi connectivity index (χ0v) is 15.9. The van der Waals surface area contributed by atoms with Gasteiger partial charge in [0, 0.05) is 0 Å². The number of thiophene rings is 1. The van der Waals surface area contributed by atoms with Crippen LogP contribution in [0.4, 0.5) is 0 Å². The minimum absolute atomic E-state index is 0.253. The van der Waals surface area contributed by atoms with Gasteiger partial charge in [-0.25, -0.2) is 9.79 Å². The number of ether oxygens (including phenoxy) is 3. The van der Waals surface area contributed by atoms with E-state index >= 15 is 0 Å². The lowest BCUT2D eigenvalue weighted by atomic mass is 10.1. The fourth-order valence-electron chi connectivity index (χ4n) is 2.70. The molecule has 28 heavy (non-hydrogen) atoms. The van der Waals surface area contributed by atoms with Gasteiger partial charge in [-0.15, -0.1) is 11.3 Å². The van der Waals surface area contributed by atoms with Crippen molar-refractivity contribution in [1.82, 2.24) is 0 Å². The fourth-order valence-corrected chi connectivity index (χ4v) is 3.35. The van der Waals surface area contributed by atoms with E-state index in [1.54, 1.807) is 19.3 Å². The van der Waals surface area contributed by atoms with Gasteiger partial charge in [-0.3, -0.25) is 0 Å². The number of cyclic esters (lactones) is 1. The van der Waals surface area contributed by atoms with Crippen molar-refractivity contribution in [3.8, 4) is 11.5 Å². The highest BCUT2D eigenvalue weighted by molar-refractivity contribution is 7.12. The standard InChI is InChI=1S/C22H17NO4S/c1-25-19-13-16(9-10-18(19)26-14-15-6-3-2-4-7-15)12-17-22(24)27-21(23-17)20-8-5-11-28-20/h2-13H,14H2,1H3/b17-12+. The fraction of sp³-hybridized carbons (Fsp3) is 0.0909. The highest BCUT2D eigenvalue weighted by Gasteiger charge is 2.24. The first-order valence-corrected chi connectivity index (χ1v) is 9.52. The van der Waals surface area contributed by atoms with E-state index in [4.69, 9.17) is 14.2 Å². The van der Waals surface area contributed by atoms with Crippen molar-refractivity contribution in [2.45, 2.75) is 6.61 Å². The first kappa shape index (κ1) is 18.0. The molecule has 2 heterocycles. The van der Waals surface area contributed by atoms with Crippen LogP contribution in [0.2, 0.25) is 0 Å². The van der Waals surface area contributed by atoms with Gasteiger partial charge >= 0.3 is 5.97 Å². The van der Waals surface area contributed by atoms with Crippen molar-refractivity contribution in [2.75, 3.05) is 7.11 Å². The molecule has 4 rings (SSSR count). The highest BCUT2D eigenvalue weighted by atomic mass is 32.1. The normalized spacial score (nSPS) is 14.7. The highest BCUT2D eigenvalue weighted by Crippen LogP contribution is 2.30. The van der Waals surface area contributed by atoms with E-state index < -0.39 is 5.97 Å². The van der Waals surface area contributed by atoms with Gasteiger partial charge in [0.15, 0.2) is 17.2 Å². The number of hydrogen-bond donors (Lipinski definition) is 0. The maximum absolute atomic E-state index is 12.1. The predicted molar refractivity (Wildman–Crippen MR) is 109 cm³/mol. The van der Waals surface area contributed by atoms with Crippen molar-refractivity contribution < 1.29 is 19.0 Å². The molecule has 1 aromatic heterocycles. The molecule has 0 spiro atoms. The van der Waals surface area contributed by atoms with Crippen LogP contribution in [0.25, 0.3) is 6.08 Å². The molecular weight excluding hydrogens is 374 g/mol. The van der Waals surface area contributed by atoms with Crippen LogP contribution in [0.5, 0.6) is 11.5 Å². The summed E-state index contributed by atoms with van der Waals surface area (Å²) >= 11 is 1.47. The van der Waals surface area contributed by atoms with Gasteiger partial charge in [0.1, 0.15) is 6.61 Å². The zero-order valence-electron chi connectivity index (χ0n) is 15.1. The SMILES string of the molecule is COc1cc(/C=C2/N=C(c3cccs3)OC2=O)ccc1OCc1ccccc1. The molecule has 2 aromatic carbocycles. The minimum Gasteiger partial charge on any atom is -0.493 e. The van der Waals surface area contributed by atoms with Crippen LogP contribution < -0.4 is 9.47 Å². The van der Waals surface area contributed by atoms with Crippen LogP contribution in [0.15, 0.2) is 76.7 Å². The Hall–Kier alpha value is -3.38. The van der Waals surface area contributed by atoms with E-state index in [1.165, 1.54) is 11.3 Å². The third-order valence-electron chi connectivity index (χ3n) is 4.08. The van der Waals surface area contributed by atoms with Crippen molar-refractivity contribution in [2.24, 2.45) is 4.99 Å². The molecule has 3 aromatic rings. The molecule has 5 nitrogen and oxygen atoms in total. The van der Waals surface area contributed by atoms with Gasteiger partial charge in [0.2, 0.25) is 5.90 Å². The Kier molecular flexibility index (Phi) is 5.21. The van der Waals surface area contributed by atoms with Gasteiger partial charge in [0.05, 0.1) is 12.0 Å². The summed E-state index contributed by atoms with van der Waals surface area (Å²) in [6.07, 6.45) is 1.67. The second kappa shape index (κ2) is 8.10. The molecule has 0 aliphatic carbocycles. The Bertz CT molecular complexity index is 1040. The second-order valence-electron chi connectivity index (χ2n) is 6.00. The molecule has 6 heteroatoms. The number of methoxy groups -OCH3 is 1. The summed E-state index contributed by atoms with van der Waals surface area (Å²) in [5.74, 6) is 1.08. The van der Waals surface area contributed by atoms with Crippen molar-refractivity contribution in [3.63, 3.8) is 0 Å². The molecule has 1 aliphatic heterocycles. The van der Waals surface area contributed by atoms with Crippen LogP contribution in [0, 0.1) is 0 Å². The summed E-state index contributed by atoms with van der Waals surface area (Å²) in [5, 5.41) is 1.91. The molecule has 0 unspecified atom stereocenters. The lowest BCUT2D eigenvalue weighted by Crippen LogP contribution is -2.03. The van der Waals surface area contributed by atoms with E-state index in [2.05, 4.69) is 4.99 Å². The van der Waals surface area contributed by atoms with E-state index in [0.29, 0.717) is 24.0 Å². The largest absolute Gasteiger partial charge is 0.493 e. The average molecular weight is 391 g/mol. The topological polar surface area (TPSA) is 57.1 Å². The molecule has 0 atom stereocenters. The molecule has 140 valence electrons. The third-order valence-corrected chi connectivity index (χ3v) is 4.94. The Morgan fingerprint density at radius 3 is 2.68 bits per heavy atom. The van der Waals surface area contributed by atoms with E-state index in [1.807, 2.05) is 60.0 Å². The van der Waals surface area contributed by atoms with E-state index in [9.17, 15) is 4.79 Å². The minimum atomic E-state index is -0.466. The smallest absolute Gasteiger partial charge is 0.363 e. The number of hydrogen-bond acceptors (Lipinski definition) is 6. The van der Waals surface area contributed by atoms with Crippen molar-refractivity contribution in [3.05, 3.63) is 87.7 Å². The van der Waals surface area contributed by atoms with Gasteiger partial charge in [-0.1, -0.05) is 42.5 Å². The summed E-state index contributed by atoms with van der Waals surface area (Å²) in [6.45, 7) is 0.443. The molecule has 0 N–H and O–H groups in total. The van der Waals surface area contributed by atoms with Crippen LogP contribution >= 0.6 is 11.3 Å². The van der Waals surface area contributed by atoms with Crippen molar-refractivity contribution >= 4 is 29.3 Å². The number of nitrogens with zero attached hydrogens (tertiary/aromatic N) is 1. The Morgan fingerprint density at radius 1 is 1.07 bits per heavy atom. The number of esters is 1. The van der Waals surface area contributed by atoms with Gasteiger partial charge in [-0.2, -0.15) is 0 Å². The Morgan fingerprint density at radius 2 is 1.93 bits per heavy atom. The molecule has 0 fully saturated rings. The molecule has 0 saturated carbocycles.